The second-order valence-electron chi connectivity index (χ2n) is 10.0. The minimum atomic E-state index is -0.280. The lowest BCUT2D eigenvalue weighted by molar-refractivity contribution is -0.144. The van der Waals surface area contributed by atoms with Crippen LogP contribution in [0.25, 0.3) is 0 Å². The van der Waals surface area contributed by atoms with Gasteiger partial charge in [-0.05, 0) is 25.0 Å². The van der Waals surface area contributed by atoms with Gasteiger partial charge in [-0.2, -0.15) is 0 Å². The van der Waals surface area contributed by atoms with Gasteiger partial charge in [-0.3, -0.25) is 14.7 Å². The standard InChI is InChI=1S/C25H38N8O2S.C5H12.C2H6/c1-5-10-28-24(26-3)30-13-18(2)6-8-20-15-31-25(36-20)32-22-9-7-19(14-29-22)16-33-12-11-27-21(17-33)23(34)35-4;1-3-5-4-2;1-2/h6-7,9,14-15,21,27H,5,8,10-13,16-17H2,1-4H3,(H2,26,28,30)(H,29,31,32);3-5H2,1-2H3;1-2H3/b18-6-;;. The van der Waals surface area contributed by atoms with E-state index in [1.54, 1.807) is 18.4 Å². The molecule has 3 heterocycles. The number of rotatable bonds is 13. The number of piperazine rings is 1. The van der Waals surface area contributed by atoms with Crippen LogP contribution in [-0.4, -0.2) is 79.7 Å². The van der Waals surface area contributed by atoms with Gasteiger partial charge < -0.3 is 26.0 Å². The summed E-state index contributed by atoms with van der Waals surface area (Å²) in [5.41, 5.74) is 2.35. The Morgan fingerprint density at radius 2 is 1.93 bits per heavy atom. The number of allylic oxidation sites excluding steroid dienone is 1. The van der Waals surface area contributed by atoms with Gasteiger partial charge >= 0.3 is 5.97 Å². The number of ether oxygens (including phenoxy) is 1. The lowest BCUT2D eigenvalue weighted by atomic mass is 10.2. The highest BCUT2D eigenvalue weighted by molar-refractivity contribution is 7.15. The number of nitrogens with zero attached hydrogens (tertiary/aromatic N) is 4. The van der Waals surface area contributed by atoms with Crippen LogP contribution in [0.4, 0.5) is 10.9 Å². The molecule has 3 rings (SSSR count). The van der Waals surface area contributed by atoms with Gasteiger partial charge in [-0.25, -0.2) is 9.97 Å². The monoisotopic (exact) mass is 616 g/mol. The topological polar surface area (TPSA) is 116 Å². The van der Waals surface area contributed by atoms with Gasteiger partial charge in [0.15, 0.2) is 11.1 Å². The molecule has 0 radical (unpaired) electrons. The van der Waals surface area contributed by atoms with Crippen molar-refractivity contribution in [2.24, 2.45) is 4.99 Å². The Balaban J connectivity index is 0.00000120. The predicted molar refractivity (Wildman–Crippen MR) is 182 cm³/mol. The summed E-state index contributed by atoms with van der Waals surface area (Å²) in [6.07, 6.45) is 12.0. The molecule has 1 unspecified atom stereocenters. The quantitative estimate of drug-likeness (QED) is 0.100. The first-order valence-corrected chi connectivity index (χ1v) is 16.5. The average Bonchev–Trinajstić information content (AvgIpc) is 3.49. The number of hydrogen-bond donors (Lipinski definition) is 4. The lowest BCUT2D eigenvalue weighted by Crippen LogP contribution is -2.54. The molecule has 1 saturated heterocycles. The maximum Gasteiger partial charge on any atom is 0.324 e. The number of esters is 1. The van der Waals surface area contributed by atoms with E-state index >= 15 is 0 Å². The first-order valence-electron chi connectivity index (χ1n) is 15.7. The summed E-state index contributed by atoms with van der Waals surface area (Å²) < 4.78 is 4.86. The van der Waals surface area contributed by atoms with Gasteiger partial charge in [0, 0.05) is 70.0 Å². The largest absolute Gasteiger partial charge is 0.468 e. The number of methoxy groups -OCH3 is 1. The zero-order valence-corrected chi connectivity index (χ0v) is 28.6. The van der Waals surface area contributed by atoms with Crippen molar-refractivity contribution < 1.29 is 9.53 Å². The number of carbonyl (C=O) groups is 1. The SMILES string of the molecule is CC.CCCCC.CCCNC(=NC)NC/C(C)=C\Cc1cnc(Nc2ccc(CN3CCNC(C(=O)OC)C3)cn2)s1. The van der Waals surface area contributed by atoms with Crippen LogP contribution in [-0.2, 0) is 22.5 Å². The smallest absolute Gasteiger partial charge is 0.324 e. The van der Waals surface area contributed by atoms with E-state index in [0.717, 1.165) is 68.0 Å². The Morgan fingerprint density at radius 1 is 1.16 bits per heavy atom. The maximum absolute atomic E-state index is 11.8. The Hall–Kier alpha value is -3.02. The Labute approximate surface area is 264 Å². The fourth-order valence-electron chi connectivity index (χ4n) is 4.06. The summed E-state index contributed by atoms with van der Waals surface area (Å²) in [6, 6.07) is 3.74. The Bertz CT molecular complexity index is 1070. The van der Waals surface area contributed by atoms with Crippen LogP contribution < -0.4 is 21.3 Å². The number of aromatic nitrogens is 2. The molecule has 1 aliphatic heterocycles. The van der Waals surface area contributed by atoms with E-state index in [2.05, 4.69) is 81.0 Å². The highest BCUT2D eigenvalue weighted by Gasteiger charge is 2.25. The molecule has 0 saturated carbocycles. The van der Waals surface area contributed by atoms with Crippen LogP contribution in [0.2, 0.25) is 0 Å². The molecule has 0 amide bonds. The molecule has 1 atom stereocenters. The van der Waals surface area contributed by atoms with Crippen molar-refractivity contribution >= 4 is 34.2 Å². The number of aliphatic imine (C=N–C) groups is 1. The maximum atomic E-state index is 11.8. The van der Waals surface area contributed by atoms with Crippen molar-refractivity contribution in [3.8, 4) is 0 Å². The van der Waals surface area contributed by atoms with Crippen LogP contribution in [0.3, 0.4) is 0 Å². The zero-order chi connectivity index (χ0) is 31.9. The average molecular weight is 617 g/mol. The van der Waals surface area contributed by atoms with E-state index in [-0.39, 0.29) is 12.0 Å². The summed E-state index contributed by atoms with van der Waals surface area (Å²) in [7, 11) is 3.21. The first kappa shape index (κ1) is 38.0. The van der Waals surface area contributed by atoms with Gasteiger partial charge in [-0.15, -0.1) is 11.3 Å². The number of guanidine groups is 1. The van der Waals surface area contributed by atoms with Gasteiger partial charge in [0.05, 0.1) is 7.11 Å². The molecule has 2 aromatic heterocycles. The third-order valence-electron chi connectivity index (χ3n) is 6.42. The van der Waals surface area contributed by atoms with E-state index < -0.39 is 0 Å². The molecule has 2 aromatic rings. The molecule has 43 heavy (non-hydrogen) atoms. The summed E-state index contributed by atoms with van der Waals surface area (Å²) in [6.45, 7) is 17.3. The van der Waals surface area contributed by atoms with Gasteiger partial charge in [0.1, 0.15) is 11.9 Å². The third-order valence-corrected chi connectivity index (χ3v) is 7.36. The summed E-state index contributed by atoms with van der Waals surface area (Å²) in [5.74, 6) is 1.36. The van der Waals surface area contributed by atoms with E-state index in [9.17, 15) is 4.79 Å². The van der Waals surface area contributed by atoms with Crippen LogP contribution >= 0.6 is 11.3 Å². The third kappa shape index (κ3) is 15.9. The fourth-order valence-corrected chi connectivity index (χ4v) is 4.84. The van der Waals surface area contributed by atoms with Crippen molar-refractivity contribution in [2.75, 3.05) is 52.2 Å². The van der Waals surface area contributed by atoms with E-state index in [4.69, 9.17) is 4.74 Å². The highest BCUT2D eigenvalue weighted by atomic mass is 32.1. The lowest BCUT2D eigenvalue weighted by Gasteiger charge is -2.32. The number of carbonyl (C=O) groups excluding carboxylic acids is 1. The van der Waals surface area contributed by atoms with Crippen LogP contribution in [0, 0.1) is 0 Å². The molecule has 4 N–H and O–H groups in total. The number of pyridine rings is 1. The van der Waals surface area contributed by atoms with Crippen LogP contribution in [0.5, 0.6) is 0 Å². The van der Waals surface area contributed by atoms with Crippen molar-refractivity contribution in [1.82, 2.24) is 30.8 Å². The van der Waals surface area contributed by atoms with E-state index in [0.29, 0.717) is 6.54 Å². The van der Waals surface area contributed by atoms with Crippen molar-refractivity contribution in [2.45, 2.75) is 86.2 Å². The minimum absolute atomic E-state index is 0.220. The van der Waals surface area contributed by atoms with E-state index in [1.807, 2.05) is 32.3 Å². The van der Waals surface area contributed by atoms with Crippen molar-refractivity contribution in [1.29, 1.82) is 0 Å². The molecule has 0 spiro atoms. The van der Waals surface area contributed by atoms with Gasteiger partial charge in [0.2, 0.25) is 0 Å². The Kier molecular flexibility index (Phi) is 20.7. The number of anilines is 2. The minimum Gasteiger partial charge on any atom is -0.468 e. The molecule has 0 bridgehead atoms. The molecule has 11 heteroatoms. The van der Waals surface area contributed by atoms with Crippen molar-refractivity contribution in [3.05, 3.63) is 46.6 Å². The second-order valence-corrected chi connectivity index (χ2v) is 11.1. The van der Waals surface area contributed by atoms with Crippen LogP contribution in [0.15, 0.2) is 41.2 Å². The van der Waals surface area contributed by atoms with Gasteiger partial charge in [0.25, 0.3) is 0 Å². The molecule has 242 valence electrons. The molecule has 1 fully saturated rings. The fraction of sp³-hybridized carbons (Fsp3) is 0.625. The number of hydrogen-bond acceptors (Lipinski definition) is 9. The molecule has 1 aliphatic rings. The zero-order valence-electron chi connectivity index (χ0n) is 27.8. The summed E-state index contributed by atoms with van der Waals surface area (Å²) >= 11 is 1.63. The Morgan fingerprint density at radius 3 is 2.53 bits per heavy atom. The normalized spacial score (nSPS) is 15.4. The first-order chi connectivity index (χ1) is 20.9. The number of unbranched alkanes of at least 4 members (excludes halogenated alkanes) is 2. The number of thiazole rings is 1. The molecule has 0 aliphatic carbocycles. The summed E-state index contributed by atoms with van der Waals surface area (Å²) in [5, 5.41) is 13.9. The second kappa shape index (κ2) is 23.4. The molecule has 10 nitrogen and oxygen atoms in total. The molecular formula is C32H56N8O2S. The van der Waals surface area contributed by atoms with E-state index in [1.165, 1.54) is 36.8 Å². The number of nitrogens with one attached hydrogen (secondary N) is 4. The van der Waals surface area contributed by atoms with Crippen molar-refractivity contribution in [3.63, 3.8) is 0 Å². The molecule has 0 aromatic carbocycles. The predicted octanol–water partition coefficient (Wildman–Crippen LogP) is 5.52. The summed E-state index contributed by atoms with van der Waals surface area (Å²) in [4.78, 5) is 28.5. The molecular weight excluding hydrogens is 560 g/mol. The highest BCUT2D eigenvalue weighted by Crippen LogP contribution is 2.22. The van der Waals surface area contributed by atoms with Gasteiger partial charge in [-0.1, -0.05) is 71.6 Å². The van der Waals surface area contributed by atoms with Crippen LogP contribution in [0.1, 0.15) is 77.7 Å².